The lowest BCUT2D eigenvalue weighted by Gasteiger charge is -2.29. The molecule has 10 heteroatoms. The van der Waals surface area contributed by atoms with Gasteiger partial charge in [0.25, 0.3) is 11.8 Å². The molecular formula is C36H43FN4O5. The molecule has 3 N–H and O–H groups in total. The Morgan fingerprint density at radius 1 is 1.09 bits per heavy atom. The molecule has 2 saturated carbocycles. The number of aliphatic carboxylic acids is 1. The van der Waals surface area contributed by atoms with Crippen LogP contribution in [0, 0.1) is 18.7 Å². The number of halogens is 1. The summed E-state index contributed by atoms with van der Waals surface area (Å²) in [5.74, 6) is -2.57. The van der Waals surface area contributed by atoms with Gasteiger partial charge in [-0.2, -0.15) is 0 Å². The molecule has 2 aromatic carbocycles. The maximum atomic E-state index is 15.8. The van der Waals surface area contributed by atoms with Gasteiger partial charge < -0.3 is 25.1 Å². The van der Waals surface area contributed by atoms with Crippen molar-refractivity contribution in [2.45, 2.75) is 83.6 Å². The molecule has 0 saturated heterocycles. The third-order valence-corrected chi connectivity index (χ3v) is 8.88. The summed E-state index contributed by atoms with van der Waals surface area (Å²) in [6.07, 6.45) is 7.63. The van der Waals surface area contributed by atoms with Crippen molar-refractivity contribution in [3.05, 3.63) is 83.3 Å². The highest BCUT2D eigenvalue weighted by Gasteiger charge is 2.31. The second-order valence-corrected chi connectivity index (χ2v) is 12.5. The van der Waals surface area contributed by atoms with Crippen LogP contribution in [0.4, 0.5) is 15.8 Å². The van der Waals surface area contributed by atoms with E-state index in [0.29, 0.717) is 43.9 Å². The predicted octanol–water partition coefficient (Wildman–Crippen LogP) is 7.34. The number of rotatable bonds is 14. The van der Waals surface area contributed by atoms with Gasteiger partial charge in [0.2, 0.25) is 0 Å². The van der Waals surface area contributed by atoms with Gasteiger partial charge in [-0.1, -0.05) is 44.2 Å². The normalized spacial score (nSPS) is 17.7. The van der Waals surface area contributed by atoms with Crippen LogP contribution in [-0.2, 0) is 4.79 Å². The van der Waals surface area contributed by atoms with Crippen LogP contribution in [0.2, 0.25) is 0 Å². The Bertz CT molecular complexity index is 1600. The largest absolute Gasteiger partial charge is 0.481 e. The van der Waals surface area contributed by atoms with E-state index in [1.165, 1.54) is 18.4 Å². The minimum absolute atomic E-state index is 0.113. The second kappa shape index (κ2) is 14.7. The lowest BCUT2D eigenvalue weighted by Crippen LogP contribution is -2.40. The Kier molecular flexibility index (Phi) is 10.6. The molecule has 0 aliphatic heterocycles. The minimum atomic E-state index is -0.893. The Labute approximate surface area is 269 Å². The fourth-order valence-corrected chi connectivity index (χ4v) is 6.21. The van der Waals surface area contributed by atoms with E-state index in [4.69, 9.17) is 4.42 Å². The summed E-state index contributed by atoms with van der Waals surface area (Å²) in [7, 11) is 0. The van der Waals surface area contributed by atoms with Gasteiger partial charge in [0.15, 0.2) is 11.6 Å². The van der Waals surface area contributed by atoms with Crippen LogP contribution in [0.25, 0.3) is 5.57 Å². The summed E-state index contributed by atoms with van der Waals surface area (Å²) in [4.78, 5) is 44.6. The third-order valence-electron chi connectivity index (χ3n) is 8.88. The Balaban J connectivity index is 1.39. The first-order valence-corrected chi connectivity index (χ1v) is 16.3. The van der Waals surface area contributed by atoms with Gasteiger partial charge in [0.05, 0.1) is 22.9 Å². The highest BCUT2D eigenvalue weighted by Crippen LogP contribution is 2.39. The highest BCUT2D eigenvalue weighted by molar-refractivity contribution is 6.06. The van der Waals surface area contributed by atoms with Gasteiger partial charge in [-0.25, -0.2) is 9.37 Å². The zero-order valence-electron chi connectivity index (χ0n) is 26.6. The molecule has 46 heavy (non-hydrogen) atoms. The molecule has 3 aromatic rings. The molecule has 2 aliphatic rings. The number of carbonyl (C=O) groups is 3. The minimum Gasteiger partial charge on any atom is -0.481 e. The van der Waals surface area contributed by atoms with Crippen molar-refractivity contribution in [2.24, 2.45) is 5.92 Å². The standard InChI is InChI=1S/C36H43FN4O5/c1-4-16-41(17-8-10-23(3)27-13-6-5-9-22(27)2)32-20-29(37)28(33(42)38-26-12-7-11-25(18-26)36(44)45)19-30(32)39-34(43)31-21-46-35(40-31)24-14-15-24/h5-6,9,13,19-21,24-26H,3-4,7-8,10-12,14-18H2,1-2H3,(H,38,42)(H,39,43)(H,44,45). The number of carboxylic acids is 1. The number of aryl methyl sites for hydroxylation is 1. The van der Waals surface area contributed by atoms with Crippen molar-refractivity contribution in [1.82, 2.24) is 10.3 Å². The first kappa shape index (κ1) is 32.9. The number of allylic oxidation sites excluding steroid dienone is 1. The molecular weight excluding hydrogens is 587 g/mol. The summed E-state index contributed by atoms with van der Waals surface area (Å²) in [5, 5.41) is 15.2. The number of oxazole rings is 1. The molecule has 2 atom stereocenters. The second-order valence-electron chi connectivity index (χ2n) is 12.5. The maximum Gasteiger partial charge on any atom is 0.306 e. The number of benzene rings is 2. The van der Waals surface area contributed by atoms with Crippen molar-refractivity contribution < 1.29 is 28.3 Å². The lowest BCUT2D eigenvalue weighted by molar-refractivity contribution is -0.143. The molecule has 2 aliphatic carbocycles. The fourth-order valence-electron chi connectivity index (χ4n) is 6.21. The van der Waals surface area contributed by atoms with E-state index in [0.717, 1.165) is 48.8 Å². The number of nitrogens with one attached hydrogen (secondary N) is 2. The van der Waals surface area contributed by atoms with Crippen molar-refractivity contribution in [3.63, 3.8) is 0 Å². The van der Waals surface area contributed by atoms with Gasteiger partial charge in [-0.3, -0.25) is 14.4 Å². The van der Waals surface area contributed by atoms with Crippen LogP contribution in [0.15, 0.2) is 53.7 Å². The number of hydrogen-bond acceptors (Lipinski definition) is 6. The zero-order valence-corrected chi connectivity index (χ0v) is 26.6. The van der Waals surface area contributed by atoms with Crippen LogP contribution in [0.5, 0.6) is 0 Å². The molecule has 2 amide bonds. The molecule has 1 heterocycles. The number of carboxylic acid groups (broad SMARTS) is 1. The first-order chi connectivity index (χ1) is 22.1. The molecule has 2 fully saturated rings. The van der Waals surface area contributed by atoms with Gasteiger partial charge in [0.1, 0.15) is 12.1 Å². The quantitative estimate of drug-likeness (QED) is 0.170. The first-order valence-electron chi connectivity index (χ1n) is 16.3. The van der Waals surface area contributed by atoms with Gasteiger partial charge in [-0.05, 0) is 81.1 Å². The summed E-state index contributed by atoms with van der Waals surface area (Å²) in [6, 6.07) is 10.4. The van der Waals surface area contributed by atoms with Gasteiger partial charge in [-0.15, -0.1) is 0 Å². The monoisotopic (exact) mass is 630 g/mol. The van der Waals surface area contributed by atoms with E-state index in [9.17, 15) is 19.5 Å². The summed E-state index contributed by atoms with van der Waals surface area (Å²) in [6.45, 7) is 9.54. The molecule has 9 nitrogen and oxygen atoms in total. The van der Waals surface area contributed by atoms with E-state index in [-0.39, 0.29) is 35.3 Å². The van der Waals surface area contributed by atoms with Gasteiger partial charge in [0, 0.05) is 31.1 Å². The molecule has 0 spiro atoms. The molecule has 5 rings (SSSR count). The van der Waals surface area contributed by atoms with Crippen LogP contribution >= 0.6 is 0 Å². The molecule has 2 unspecified atom stereocenters. The number of nitrogens with zero attached hydrogens (tertiary/aromatic N) is 2. The zero-order chi connectivity index (χ0) is 32.8. The van der Waals surface area contributed by atoms with Crippen LogP contribution < -0.4 is 15.5 Å². The number of aromatic nitrogens is 1. The SMILES string of the molecule is C=C(CCCN(CCC)c1cc(F)c(C(=O)NC2CCCC(C(=O)O)C2)cc1NC(=O)c1coc(C2CC2)n1)c1ccccc1C. The fraction of sp³-hybridized carbons (Fsp3) is 0.444. The van der Waals surface area contributed by atoms with Crippen molar-refractivity contribution in [3.8, 4) is 0 Å². The Morgan fingerprint density at radius 3 is 2.59 bits per heavy atom. The van der Waals surface area contributed by atoms with Crippen LogP contribution in [0.3, 0.4) is 0 Å². The summed E-state index contributed by atoms with van der Waals surface area (Å²) in [5.41, 5.74) is 3.92. The number of hydrogen-bond donors (Lipinski definition) is 3. The highest BCUT2D eigenvalue weighted by atomic mass is 19.1. The maximum absolute atomic E-state index is 15.8. The predicted molar refractivity (Wildman–Crippen MR) is 176 cm³/mol. The Morgan fingerprint density at radius 2 is 1.87 bits per heavy atom. The molecule has 1 aromatic heterocycles. The van der Waals surface area contributed by atoms with E-state index in [2.05, 4.69) is 41.3 Å². The Hall–Kier alpha value is -4.47. The molecule has 0 bridgehead atoms. The number of amides is 2. The van der Waals surface area contributed by atoms with E-state index in [1.807, 2.05) is 24.0 Å². The summed E-state index contributed by atoms with van der Waals surface area (Å²) < 4.78 is 21.3. The average Bonchev–Trinajstić information content (AvgIpc) is 3.77. The van der Waals surface area contributed by atoms with Gasteiger partial charge >= 0.3 is 5.97 Å². The number of carbonyl (C=O) groups excluding carboxylic acids is 2. The molecule has 0 radical (unpaired) electrons. The average molecular weight is 631 g/mol. The lowest BCUT2D eigenvalue weighted by atomic mass is 9.85. The van der Waals surface area contributed by atoms with Crippen LogP contribution in [0.1, 0.15) is 108 Å². The van der Waals surface area contributed by atoms with Crippen molar-refractivity contribution >= 4 is 34.7 Å². The molecule has 244 valence electrons. The van der Waals surface area contributed by atoms with Crippen LogP contribution in [-0.4, -0.2) is 47.0 Å². The third kappa shape index (κ3) is 8.02. The van der Waals surface area contributed by atoms with Crippen molar-refractivity contribution in [1.29, 1.82) is 0 Å². The van der Waals surface area contributed by atoms with E-state index in [1.54, 1.807) is 0 Å². The topological polar surface area (TPSA) is 125 Å². The summed E-state index contributed by atoms with van der Waals surface area (Å²) >= 11 is 0. The van der Waals surface area contributed by atoms with E-state index >= 15 is 4.39 Å². The smallest absolute Gasteiger partial charge is 0.306 e. The van der Waals surface area contributed by atoms with Crippen molar-refractivity contribution in [2.75, 3.05) is 23.3 Å². The van der Waals surface area contributed by atoms with E-state index < -0.39 is 29.5 Å². The number of anilines is 2.